The molecule has 0 N–H and O–H groups in total. The lowest BCUT2D eigenvalue weighted by atomic mass is 10.2. The van der Waals surface area contributed by atoms with Crippen molar-refractivity contribution in [1.29, 1.82) is 0 Å². The van der Waals surface area contributed by atoms with E-state index in [0.29, 0.717) is 18.7 Å². The molecule has 0 bridgehead atoms. The van der Waals surface area contributed by atoms with E-state index in [1.165, 1.54) is 16.4 Å². The van der Waals surface area contributed by atoms with Gasteiger partial charge < -0.3 is 0 Å². The van der Waals surface area contributed by atoms with Crippen LogP contribution in [0.15, 0.2) is 23.1 Å². The zero-order valence-electron chi connectivity index (χ0n) is 10.2. The molecule has 0 spiro atoms. The highest BCUT2D eigenvalue weighted by Crippen LogP contribution is 2.23. The summed E-state index contributed by atoms with van der Waals surface area (Å²) in [6, 6.07) is 3.91. The quantitative estimate of drug-likeness (QED) is 0.838. The van der Waals surface area contributed by atoms with E-state index in [2.05, 4.69) is 0 Å². The SMILES string of the molecule is Cc1ccc(F)cc1S(=O)(=O)N1CCCSCC1. The highest BCUT2D eigenvalue weighted by atomic mass is 32.2. The van der Waals surface area contributed by atoms with E-state index in [4.69, 9.17) is 0 Å². The lowest BCUT2D eigenvalue weighted by Gasteiger charge is -2.20. The second-order valence-corrected chi connectivity index (χ2v) is 7.41. The van der Waals surface area contributed by atoms with E-state index in [0.717, 1.165) is 24.0 Å². The fourth-order valence-corrected chi connectivity index (χ4v) is 4.67. The summed E-state index contributed by atoms with van der Waals surface area (Å²) in [5.74, 6) is 1.27. The van der Waals surface area contributed by atoms with Crippen LogP contribution in [0.2, 0.25) is 0 Å². The zero-order valence-corrected chi connectivity index (χ0v) is 11.9. The number of hydrogen-bond acceptors (Lipinski definition) is 3. The standard InChI is InChI=1S/C12H16FNO2S2/c1-10-3-4-11(13)9-12(10)18(15,16)14-5-2-7-17-8-6-14/h3-4,9H,2,5-8H2,1H3. The summed E-state index contributed by atoms with van der Waals surface area (Å²) in [5, 5.41) is 0. The van der Waals surface area contributed by atoms with Crippen molar-refractivity contribution in [3.63, 3.8) is 0 Å². The molecule has 0 aromatic heterocycles. The maximum absolute atomic E-state index is 13.2. The summed E-state index contributed by atoms with van der Waals surface area (Å²) in [6.45, 7) is 2.72. The van der Waals surface area contributed by atoms with Crippen LogP contribution in [-0.4, -0.2) is 37.3 Å². The molecule has 18 heavy (non-hydrogen) atoms. The minimum Gasteiger partial charge on any atom is -0.207 e. The summed E-state index contributed by atoms with van der Waals surface area (Å²) < 4.78 is 39.6. The Bertz CT molecular complexity index is 523. The van der Waals surface area contributed by atoms with Crippen LogP contribution in [0.25, 0.3) is 0 Å². The molecular weight excluding hydrogens is 273 g/mol. The van der Waals surface area contributed by atoms with Crippen molar-refractivity contribution in [2.24, 2.45) is 0 Å². The van der Waals surface area contributed by atoms with Crippen LogP contribution in [0.1, 0.15) is 12.0 Å². The average molecular weight is 289 g/mol. The molecule has 1 aliphatic heterocycles. The molecular formula is C12H16FNO2S2. The Balaban J connectivity index is 2.37. The van der Waals surface area contributed by atoms with Crippen molar-refractivity contribution in [3.8, 4) is 0 Å². The number of aryl methyl sites for hydroxylation is 1. The Morgan fingerprint density at radius 1 is 1.28 bits per heavy atom. The maximum atomic E-state index is 13.2. The van der Waals surface area contributed by atoms with Gasteiger partial charge in [-0.3, -0.25) is 0 Å². The monoisotopic (exact) mass is 289 g/mol. The number of rotatable bonds is 2. The van der Waals surface area contributed by atoms with Crippen LogP contribution in [0.3, 0.4) is 0 Å². The van der Waals surface area contributed by atoms with Crippen molar-refractivity contribution in [2.45, 2.75) is 18.2 Å². The van der Waals surface area contributed by atoms with Crippen molar-refractivity contribution in [1.82, 2.24) is 4.31 Å². The second-order valence-electron chi connectivity index (χ2n) is 4.28. The van der Waals surface area contributed by atoms with Gasteiger partial charge in [0.1, 0.15) is 5.82 Å². The molecule has 1 saturated heterocycles. The van der Waals surface area contributed by atoms with Crippen molar-refractivity contribution in [3.05, 3.63) is 29.6 Å². The maximum Gasteiger partial charge on any atom is 0.243 e. The van der Waals surface area contributed by atoms with Gasteiger partial charge in [-0.05, 0) is 36.8 Å². The first-order chi connectivity index (χ1) is 8.51. The molecule has 0 saturated carbocycles. The summed E-state index contributed by atoms with van der Waals surface area (Å²) in [4.78, 5) is 0.0920. The van der Waals surface area contributed by atoms with Crippen molar-refractivity contribution < 1.29 is 12.8 Å². The Labute approximate surface area is 111 Å². The van der Waals surface area contributed by atoms with Gasteiger partial charge in [0.2, 0.25) is 10.0 Å². The molecule has 3 nitrogen and oxygen atoms in total. The van der Waals surface area contributed by atoms with E-state index in [9.17, 15) is 12.8 Å². The average Bonchev–Trinajstić information content (AvgIpc) is 2.61. The first-order valence-corrected chi connectivity index (χ1v) is 8.45. The third-order valence-corrected chi connectivity index (χ3v) is 6.04. The Morgan fingerprint density at radius 3 is 2.83 bits per heavy atom. The fraction of sp³-hybridized carbons (Fsp3) is 0.500. The molecule has 6 heteroatoms. The first kappa shape index (κ1) is 13.8. The van der Waals surface area contributed by atoms with Crippen LogP contribution in [-0.2, 0) is 10.0 Å². The summed E-state index contributed by atoms with van der Waals surface area (Å²) >= 11 is 1.76. The fourth-order valence-electron chi connectivity index (χ4n) is 1.95. The molecule has 1 fully saturated rings. The van der Waals surface area contributed by atoms with Crippen molar-refractivity contribution in [2.75, 3.05) is 24.6 Å². The van der Waals surface area contributed by atoms with Crippen molar-refractivity contribution >= 4 is 21.8 Å². The van der Waals surface area contributed by atoms with Gasteiger partial charge in [0, 0.05) is 18.8 Å². The van der Waals surface area contributed by atoms with Gasteiger partial charge in [-0.1, -0.05) is 6.07 Å². The normalized spacial score (nSPS) is 18.6. The minimum absolute atomic E-state index is 0.0920. The van der Waals surface area contributed by atoms with Gasteiger partial charge in [-0.2, -0.15) is 16.1 Å². The van der Waals surface area contributed by atoms with Crippen LogP contribution in [0, 0.1) is 12.7 Å². The Morgan fingerprint density at radius 2 is 2.06 bits per heavy atom. The van der Waals surface area contributed by atoms with Crippen LogP contribution >= 0.6 is 11.8 Å². The van der Waals surface area contributed by atoms with Crippen LogP contribution in [0.5, 0.6) is 0 Å². The molecule has 0 atom stereocenters. The predicted octanol–water partition coefficient (Wildman–Crippen LogP) is 2.26. The lowest BCUT2D eigenvalue weighted by Crippen LogP contribution is -2.33. The summed E-state index contributed by atoms with van der Waals surface area (Å²) in [6.07, 6.45) is 0.845. The molecule has 0 amide bonds. The minimum atomic E-state index is -3.56. The number of hydrogen-bond donors (Lipinski definition) is 0. The van der Waals surface area contributed by atoms with E-state index >= 15 is 0 Å². The van der Waals surface area contributed by atoms with Gasteiger partial charge >= 0.3 is 0 Å². The first-order valence-electron chi connectivity index (χ1n) is 5.86. The third kappa shape index (κ3) is 2.87. The predicted molar refractivity (Wildman–Crippen MR) is 71.8 cm³/mol. The zero-order chi connectivity index (χ0) is 13.2. The molecule has 0 aliphatic carbocycles. The van der Waals surface area contributed by atoms with Gasteiger partial charge in [0.05, 0.1) is 4.90 Å². The van der Waals surface area contributed by atoms with Crippen LogP contribution in [0.4, 0.5) is 4.39 Å². The number of nitrogens with zero attached hydrogens (tertiary/aromatic N) is 1. The van der Waals surface area contributed by atoms with Gasteiger partial charge in [0.25, 0.3) is 0 Å². The highest BCUT2D eigenvalue weighted by molar-refractivity contribution is 7.99. The molecule has 2 rings (SSSR count). The van der Waals surface area contributed by atoms with E-state index in [1.54, 1.807) is 18.7 Å². The topological polar surface area (TPSA) is 37.4 Å². The van der Waals surface area contributed by atoms with Crippen LogP contribution < -0.4 is 0 Å². The van der Waals surface area contributed by atoms with E-state index in [1.807, 2.05) is 0 Å². The number of benzene rings is 1. The molecule has 0 unspecified atom stereocenters. The molecule has 0 radical (unpaired) electrons. The molecule has 1 aliphatic rings. The van der Waals surface area contributed by atoms with E-state index < -0.39 is 15.8 Å². The summed E-state index contributed by atoms with van der Waals surface area (Å²) in [5.41, 5.74) is 0.591. The Hall–Kier alpha value is -0.590. The number of sulfonamides is 1. The van der Waals surface area contributed by atoms with Gasteiger partial charge in [-0.25, -0.2) is 12.8 Å². The summed E-state index contributed by atoms with van der Waals surface area (Å²) in [7, 11) is -3.56. The Kier molecular flexibility index (Phi) is 4.29. The molecule has 1 aromatic rings. The molecule has 1 heterocycles. The molecule has 100 valence electrons. The van der Waals surface area contributed by atoms with E-state index in [-0.39, 0.29) is 4.90 Å². The number of thioether (sulfide) groups is 1. The van der Waals surface area contributed by atoms with Gasteiger partial charge in [-0.15, -0.1) is 0 Å². The lowest BCUT2D eigenvalue weighted by molar-refractivity contribution is 0.434. The number of halogens is 1. The smallest absolute Gasteiger partial charge is 0.207 e. The highest BCUT2D eigenvalue weighted by Gasteiger charge is 2.26. The van der Waals surface area contributed by atoms with Gasteiger partial charge in [0.15, 0.2) is 0 Å². The largest absolute Gasteiger partial charge is 0.243 e. The second kappa shape index (κ2) is 5.59. The third-order valence-electron chi connectivity index (χ3n) is 2.95. The molecule has 1 aromatic carbocycles.